The summed E-state index contributed by atoms with van der Waals surface area (Å²) in [5.41, 5.74) is 0.253. The lowest BCUT2D eigenvalue weighted by Gasteiger charge is -2.41. The van der Waals surface area contributed by atoms with Crippen molar-refractivity contribution in [3.05, 3.63) is 59.3 Å². The van der Waals surface area contributed by atoms with E-state index in [2.05, 4.69) is 14.7 Å². The first-order chi connectivity index (χ1) is 15.2. The lowest BCUT2D eigenvalue weighted by Crippen LogP contribution is -2.45. The number of carbonyl (C=O) groups excluding carboxylic acids is 1. The van der Waals surface area contributed by atoms with Gasteiger partial charge < -0.3 is 13.9 Å². The van der Waals surface area contributed by atoms with Gasteiger partial charge in [-0.15, -0.1) is 0 Å². The number of alkyl halides is 4. The van der Waals surface area contributed by atoms with Crippen molar-refractivity contribution in [3.8, 4) is 5.75 Å². The van der Waals surface area contributed by atoms with Gasteiger partial charge in [0.05, 0.1) is 17.9 Å². The summed E-state index contributed by atoms with van der Waals surface area (Å²) in [4.78, 5) is 20.9. The van der Waals surface area contributed by atoms with Crippen molar-refractivity contribution in [2.24, 2.45) is 0 Å². The monoisotopic (exact) mass is 449 g/mol. The van der Waals surface area contributed by atoms with Gasteiger partial charge in [0.1, 0.15) is 11.4 Å². The van der Waals surface area contributed by atoms with Crippen LogP contribution in [0.5, 0.6) is 5.75 Å². The molecule has 3 aliphatic rings. The van der Waals surface area contributed by atoms with Crippen LogP contribution in [0, 0.1) is 0 Å². The van der Waals surface area contributed by atoms with E-state index in [0.717, 1.165) is 24.6 Å². The zero-order valence-corrected chi connectivity index (χ0v) is 17.0. The number of carbonyl (C=O) groups is 1. The van der Waals surface area contributed by atoms with Gasteiger partial charge in [0.15, 0.2) is 17.2 Å². The lowest BCUT2D eigenvalue weighted by molar-refractivity contribution is -0.0491. The van der Waals surface area contributed by atoms with Gasteiger partial charge in [-0.2, -0.15) is 8.78 Å². The highest BCUT2D eigenvalue weighted by atomic mass is 19.3. The van der Waals surface area contributed by atoms with Gasteiger partial charge in [0.2, 0.25) is 0 Å². The van der Waals surface area contributed by atoms with Crippen molar-refractivity contribution >= 4 is 11.4 Å². The van der Waals surface area contributed by atoms with E-state index in [1.54, 1.807) is 16.8 Å². The fourth-order valence-corrected chi connectivity index (χ4v) is 4.81. The number of imidazole rings is 1. The maximum Gasteiger partial charge on any atom is 0.387 e. The number of ether oxygens (including phenoxy) is 2. The fraction of sp³-hybridized carbons (Fsp3) is 0.409. The molecule has 32 heavy (non-hydrogen) atoms. The Morgan fingerprint density at radius 2 is 2.00 bits per heavy atom. The molecule has 5 heterocycles. The maximum absolute atomic E-state index is 13.0. The van der Waals surface area contributed by atoms with E-state index >= 15 is 0 Å². The third kappa shape index (κ3) is 3.52. The van der Waals surface area contributed by atoms with Crippen LogP contribution in [0.1, 0.15) is 53.6 Å². The molecule has 10 heteroatoms. The zero-order chi connectivity index (χ0) is 22.7. The highest BCUT2D eigenvalue weighted by Crippen LogP contribution is 2.58. The van der Waals surface area contributed by atoms with E-state index in [1.807, 2.05) is 6.92 Å². The van der Waals surface area contributed by atoms with E-state index in [0.29, 0.717) is 12.2 Å². The summed E-state index contributed by atoms with van der Waals surface area (Å²) < 4.78 is 63.9. The summed E-state index contributed by atoms with van der Waals surface area (Å²) in [6, 6.07) is 5.12. The molecular formula is C22H19F4N3O3. The highest BCUT2D eigenvalue weighted by Gasteiger charge is 2.61. The number of halogens is 4. The first-order valence-electron chi connectivity index (χ1n) is 10.1. The van der Waals surface area contributed by atoms with Crippen LogP contribution in [0.2, 0.25) is 0 Å². The number of hydrogen-bond acceptors (Lipinski definition) is 5. The standard InChI is InChI=1S/C22H19F4N3O3/c1-21-9-22(10-21,11-31-21)17-8-29-7-12(6-16(19(29)28-17)32-20(25)26)5-15(30)13-3-2-4-14(27-13)18(23)24/h2-4,6-8,18,20H,5,9-11H2,1H3. The molecule has 3 fully saturated rings. The van der Waals surface area contributed by atoms with Crippen molar-refractivity contribution in [3.63, 3.8) is 0 Å². The second-order valence-corrected chi connectivity index (χ2v) is 8.67. The van der Waals surface area contributed by atoms with Gasteiger partial charge >= 0.3 is 6.61 Å². The van der Waals surface area contributed by atoms with Gasteiger partial charge in [-0.3, -0.25) is 4.79 Å². The Bertz CT molecular complexity index is 1200. The molecule has 3 aromatic rings. The normalized spacial score (nSPS) is 24.3. The number of ketones is 1. The summed E-state index contributed by atoms with van der Waals surface area (Å²) >= 11 is 0. The molecular weight excluding hydrogens is 430 g/mol. The Morgan fingerprint density at radius 3 is 2.66 bits per heavy atom. The maximum atomic E-state index is 13.0. The van der Waals surface area contributed by atoms with Gasteiger partial charge in [0, 0.05) is 24.2 Å². The van der Waals surface area contributed by atoms with Crippen LogP contribution in [0.4, 0.5) is 17.6 Å². The van der Waals surface area contributed by atoms with Crippen LogP contribution in [-0.4, -0.2) is 39.0 Å². The molecule has 2 saturated heterocycles. The van der Waals surface area contributed by atoms with Gasteiger partial charge in [-0.1, -0.05) is 6.07 Å². The van der Waals surface area contributed by atoms with E-state index < -0.39 is 24.5 Å². The number of hydrogen-bond donors (Lipinski definition) is 0. The van der Waals surface area contributed by atoms with Crippen LogP contribution in [0.25, 0.3) is 5.65 Å². The van der Waals surface area contributed by atoms with Gasteiger partial charge in [0.25, 0.3) is 6.43 Å². The molecule has 0 spiro atoms. The summed E-state index contributed by atoms with van der Waals surface area (Å²) in [7, 11) is 0. The Morgan fingerprint density at radius 1 is 1.22 bits per heavy atom. The van der Waals surface area contributed by atoms with E-state index in [9.17, 15) is 22.4 Å². The minimum Gasteiger partial charge on any atom is -0.431 e. The predicted octanol–water partition coefficient (Wildman–Crippen LogP) is 4.51. The summed E-state index contributed by atoms with van der Waals surface area (Å²) in [5, 5.41) is 0. The molecule has 0 N–H and O–H groups in total. The number of pyridine rings is 2. The zero-order valence-electron chi connectivity index (χ0n) is 17.0. The van der Waals surface area contributed by atoms with E-state index in [-0.39, 0.29) is 34.5 Å². The van der Waals surface area contributed by atoms with Gasteiger partial charge in [-0.25, -0.2) is 18.7 Å². The molecule has 6 rings (SSSR count). The van der Waals surface area contributed by atoms with Crippen LogP contribution >= 0.6 is 0 Å². The van der Waals surface area contributed by atoms with Crippen LogP contribution < -0.4 is 4.74 Å². The molecule has 2 bridgehead atoms. The summed E-state index contributed by atoms with van der Waals surface area (Å²) in [6.07, 6.45) is 1.91. The summed E-state index contributed by atoms with van der Waals surface area (Å²) in [6.45, 7) is -0.537. The molecule has 0 radical (unpaired) electrons. The molecule has 168 valence electrons. The molecule has 0 atom stereocenters. The topological polar surface area (TPSA) is 65.7 Å². The smallest absolute Gasteiger partial charge is 0.387 e. The average molecular weight is 449 g/mol. The fourth-order valence-electron chi connectivity index (χ4n) is 4.81. The SMILES string of the molecule is CC12CC(c3cn4cc(CC(=O)c5cccc(C(F)F)n5)cc(OC(F)F)c4n3)(CO1)C2. The molecule has 0 amide bonds. The van der Waals surface area contributed by atoms with E-state index in [4.69, 9.17) is 4.74 Å². The second kappa shape index (κ2) is 7.26. The number of fused-ring (bicyclic) bond motifs is 2. The van der Waals surface area contributed by atoms with Crippen LogP contribution in [0.15, 0.2) is 36.7 Å². The first-order valence-corrected chi connectivity index (χ1v) is 10.1. The third-order valence-electron chi connectivity index (χ3n) is 6.10. The Kier molecular flexibility index (Phi) is 4.74. The predicted molar refractivity (Wildman–Crippen MR) is 104 cm³/mol. The Balaban J connectivity index is 1.48. The van der Waals surface area contributed by atoms with Crippen molar-refractivity contribution in [2.45, 2.75) is 50.2 Å². The summed E-state index contributed by atoms with van der Waals surface area (Å²) in [5.74, 6) is -0.684. The number of rotatable bonds is 7. The lowest BCUT2D eigenvalue weighted by atomic mass is 9.62. The Hall–Kier alpha value is -3.01. The number of nitrogens with zero attached hydrogens (tertiary/aromatic N) is 3. The molecule has 1 saturated carbocycles. The highest BCUT2D eigenvalue weighted by molar-refractivity contribution is 5.95. The minimum absolute atomic E-state index is 0.124. The van der Waals surface area contributed by atoms with Crippen LogP contribution in [0.3, 0.4) is 0 Å². The first kappa shape index (κ1) is 20.9. The Labute approximate surface area is 180 Å². The van der Waals surface area contributed by atoms with Crippen molar-refractivity contribution in [2.75, 3.05) is 6.61 Å². The van der Waals surface area contributed by atoms with E-state index in [1.165, 1.54) is 18.2 Å². The third-order valence-corrected chi connectivity index (χ3v) is 6.10. The molecule has 1 aliphatic carbocycles. The number of aromatic nitrogens is 3. The number of Topliss-reactive ketones (excluding diaryl/α,β-unsaturated/α-hetero) is 1. The largest absolute Gasteiger partial charge is 0.431 e. The molecule has 3 aromatic heterocycles. The van der Waals surface area contributed by atoms with Crippen molar-refractivity contribution in [1.82, 2.24) is 14.4 Å². The minimum atomic E-state index is -3.07. The van der Waals surface area contributed by atoms with Crippen molar-refractivity contribution < 1.29 is 31.8 Å². The van der Waals surface area contributed by atoms with Crippen molar-refractivity contribution in [1.29, 1.82) is 0 Å². The molecule has 0 aromatic carbocycles. The van der Waals surface area contributed by atoms with Gasteiger partial charge in [-0.05, 0) is 43.5 Å². The molecule has 0 unspecified atom stereocenters. The van der Waals surface area contributed by atoms with Crippen LogP contribution in [-0.2, 0) is 16.6 Å². The second-order valence-electron chi connectivity index (χ2n) is 8.67. The molecule has 2 aliphatic heterocycles. The quantitative estimate of drug-likeness (QED) is 0.392. The molecule has 6 nitrogen and oxygen atoms in total. The average Bonchev–Trinajstić information content (AvgIpc) is 3.38.